The van der Waals surface area contributed by atoms with E-state index in [1.165, 1.54) is 81.9 Å². The number of aliphatic hydroxyl groups excluding tert-OH is 5. The molecular weight excluding hydrogens is 653 g/mol. The molecule has 1 saturated heterocycles. The minimum Gasteiger partial charge on any atom is -0.394 e. The van der Waals surface area contributed by atoms with Gasteiger partial charge in [-0.05, 0) is 43.4 Å². The van der Waals surface area contributed by atoms with E-state index in [2.05, 4.69) is 12.2 Å². The molecule has 1 heterocycles. The van der Waals surface area contributed by atoms with Gasteiger partial charge in [0.1, 0.15) is 30.2 Å². The minimum atomic E-state index is -1.56. The molecule has 10 heteroatoms. The van der Waals surface area contributed by atoms with Crippen molar-refractivity contribution in [1.82, 2.24) is 5.32 Å². The van der Waals surface area contributed by atoms with Crippen LogP contribution in [0.1, 0.15) is 160 Å². The van der Waals surface area contributed by atoms with Gasteiger partial charge in [-0.15, -0.1) is 0 Å². The fourth-order valence-corrected chi connectivity index (χ4v) is 6.83. The van der Waals surface area contributed by atoms with Crippen molar-refractivity contribution in [3.05, 3.63) is 35.6 Å². The van der Waals surface area contributed by atoms with E-state index in [1.54, 1.807) is 0 Å². The third-order valence-electron chi connectivity index (χ3n) is 10.2. The third kappa shape index (κ3) is 20.4. The highest BCUT2D eigenvalue weighted by atomic mass is 19.1. The Labute approximate surface area is 307 Å². The molecule has 1 aromatic carbocycles. The maximum absolute atomic E-state index is 13.0. The van der Waals surface area contributed by atoms with Crippen LogP contribution in [0.4, 0.5) is 4.39 Å². The quantitative estimate of drug-likeness (QED) is 0.0448. The highest BCUT2D eigenvalue weighted by Crippen LogP contribution is 2.23. The number of carbonyl (C=O) groups excluding carboxylic acids is 1. The number of ether oxygens (including phenoxy) is 2. The van der Waals surface area contributed by atoms with Gasteiger partial charge in [0.25, 0.3) is 0 Å². The first-order valence-corrected chi connectivity index (χ1v) is 20.4. The standard InChI is InChI=1S/C41H72FNO8/c1-2-3-4-5-6-7-8-9-10-11-15-18-21-24-35(45)34(31-50-41-40(49)39(48)38(47)36(30-44)51-41)43-37(46)25-22-19-16-13-12-14-17-20-23-32-26-28-33(42)29-27-32/h26-29,34-36,38-41,44-45,47-49H,2-25,30-31H2,1H3,(H,43,46). The Hall–Kier alpha value is -1.66. The first-order chi connectivity index (χ1) is 24.8. The molecule has 1 amide bonds. The van der Waals surface area contributed by atoms with Gasteiger partial charge in [0.15, 0.2) is 6.29 Å². The van der Waals surface area contributed by atoms with Crippen molar-refractivity contribution in [1.29, 1.82) is 0 Å². The van der Waals surface area contributed by atoms with Gasteiger partial charge >= 0.3 is 0 Å². The summed E-state index contributed by atoms with van der Waals surface area (Å²) < 4.78 is 24.2. The highest BCUT2D eigenvalue weighted by molar-refractivity contribution is 5.76. The number of hydrogen-bond acceptors (Lipinski definition) is 8. The molecule has 7 unspecified atom stereocenters. The molecule has 51 heavy (non-hydrogen) atoms. The van der Waals surface area contributed by atoms with Gasteiger partial charge < -0.3 is 40.3 Å². The number of rotatable bonds is 31. The molecule has 296 valence electrons. The molecule has 6 N–H and O–H groups in total. The Bertz CT molecular complexity index is 983. The zero-order valence-corrected chi connectivity index (χ0v) is 31.6. The summed E-state index contributed by atoms with van der Waals surface area (Å²) in [5.41, 5.74) is 1.17. The number of benzene rings is 1. The van der Waals surface area contributed by atoms with Crippen molar-refractivity contribution in [3.8, 4) is 0 Å². The Morgan fingerprint density at radius 1 is 0.745 bits per heavy atom. The zero-order chi connectivity index (χ0) is 37.1. The average Bonchev–Trinajstić information content (AvgIpc) is 3.13. The van der Waals surface area contributed by atoms with Crippen LogP contribution < -0.4 is 5.32 Å². The summed E-state index contributed by atoms with van der Waals surface area (Å²) >= 11 is 0. The van der Waals surface area contributed by atoms with Crippen LogP contribution in [0.25, 0.3) is 0 Å². The minimum absolute atomic E-state index is 0.158. The van der Waals surface area contributed by atoms with Crippen LogP contribution in [0.3, 0.4) is 0 Å². The topological polar surface area (TPSA) is 149 Å². The van der Waals surface area contributed by atoms with E-state index in [9.17, 15) is 34.7 Å². The van der Waals surface area contributed by atoms with Crippen molar-refractivity contribution in [2.24, 2.45) is 0 Å². The summed E-state index contributed by atoms with van der Waals surface area (Å²) in [6, 6.07) is 5.98. The van der Waals surface area contributed by atoms with Crippen molar-refractivity contribution >= 4 is 5.91 Å². The molecule has 0 saturated carbocycles. The van der Waals surface area contributed by atoms with E-state index < -0.39 is 49.5 Å². The second-order valence-electron chi connectivity index (χ2n) is 14.8. The Balaban J connectivity index is 1.67. The number of aryl methyl sites for hydroxylation is 1. The lowest BCUT2D eigenvalue weighted by molar-refractivity contribution is -0.302. The molecule has 0 radical (unpaired) electrons. The number of hydrogen-bond donors (Lipinski definition) is 6. The molecule has 7 atom stereocenters. The van der Waals surface area contributed by atoms with Crippen molar-refractivity contribution in [2.45, 2.75) is 204 Å². The van der Waals surface area contributed by atoms with E-state index in [4.69, 9.17) is 9.47 Å². The maximum Gasteiger partial charge on any atom is 0.220 e. The van der Waals surface area contributed by atoms with E-state index in [1.807, 2.05) is 12.1 Å². The van der Waals surface area contributed by atoms with Crippen molar-refractivity contribution in [3.63, 3.8) is 0 Å². The van der Waals surface area contributed by atoms with Crippen LogP contribution in [0.2, 0.25) is 0 Å². The van der Waals surface area contributed by atoms with Gasteiger partial charge in [0.05, 0.1) is 25.4 Å². The lowest BCUT2D eigenvalue weighted by Gasteiger charge is -2.40. The van der Waals surface area contributed by atoms with Gasteiger partial charge in [-0.25, -0.2) is 4.39 Å². The van der Waals surface area contributed by atoms with Crippen LogP contribution in [0.15, 0.2) is 24.3 Å². The number of amides is 1. The average molecular weight is 726 g/mol. The molecule has 1 aliphatic rings. The number of aliphatic hydroxyl groups is 5. The maximum atomic E-state index is 13.0. The largest absolute Gasteiger partial charge is 0.394 e. The number of carbonyl (C=O) groups is 1. The number of halogens is 1. The predicted molar refractivity (Wildman–Crippen MR) is 200 cm³/mol. The van der Waals surface area contributed by atoms with E-state index >= 15 is 0 Å². The molecule has 1 aliphatic heterocycles. The summed E-state index contributed by atoms with van der Waals surface area (Å²) in [4.78, 5) is 12.9. The molecule has 0 aromatic heterocycles. The summed E-state index contributed by atoms with van der Waals surface area (Å²) in [6.07, 6.45) is 18.3. The summed E-state index contributed by atoms with van der Waals surface area (Å²) in [7, 11) is 0. The fraction of sp³-hybridized carbons (Fsp3) is 0.829. The molecule has 1 fully saturated rings. The van der Waals surface area contributed by atoms with E-state index in [-0.39, 0.29) is 18.3 Å². The second kappa shape index (κ2) is 28.8. The molecule has 0 aliphatic carbocycles. The Morgan fingerprint density at radius 3 is 1.80 bits per heavy atom. The van der Waals surface area contributed by atoms with Crippen LogP contribution in [-0.4, -0.2) is 87.5 Å². The van der Waals surface area contributed by atoms with E-state index in [0.29, 0.717) is 12.8 Å². The summed E-state index contributed by atoms with van der Waals surface area (Å²) in [6.45, 7) is 1.52. The monoisotopic (exact) mass is 726 g/mol. The predicted octanol–water partition coefficient (Wildman–Crippen LogP) is 7.02. The number of unbranched alkanes of at least 4 members (excludes halogenated alkanes) is 19. The van der Waals surface area contributed by atoms with Crippen LogP contribution >= 0.6 is 0 Å². The molecule has 2 rings (SSSR count). The summed E-state index contributed by atoms with van der Waals surface area (Å²) in [5.74, 6) is -0.377. The molecule has 1 aromatic rings. The van der Waals surface area contributed by atoms with Gasteiger partial charge in [0.2, 0.25) is 5.91 Å². The first kappa shape index (κ1) is 45.5. The van der Waals surface area contributed by atoms with E-state index in [0.717, 1.165) is 77.0 Å². The van der Waals surface area contributed by atoms with Gasteiger partial charge in [-0.3, -0.25) is 4.79 Å². The van der Waals surface area contributed by atoms with Crippen molar-refractivity contribution in [2.75, 3.05) is 13.2 Å². The van der Waals surface area contributed by atoms with Crippen molar-refractivity contribution < 1.29 is 44.2 Å². The highest BCUT2D eigenvalue weighted by Gasteiger charge is 2.44. The summed E-state index contributed by atoms with van der Waals surface area (Å²) in [5, 5.41) is 54.1. The lowest BCUT2D eigenvalue weighted by atomic mass is 9.99. The SMILES string of the molecule is CCCCCCCCCCCCCCCC(O)C(COC1OC(CO)C(O)C(O)C1O)NC(=O)CCCCCCCCCCc1ccc(F)cc1. The fourth-order valence-electron chi connectivity index (χ4n) is 6.83. The van der Waals surface area contributed by atoms with Crippen LogP contribution in [0, 0.1) is 5.82 Å². The number of nitrogens with one attached hydrogen (secondary N) is 1. The molecule has 0 spiro atoms. The smallest absolute Gasteiger partial charge is 0.220 e. The Kier molecular flexibility index (Phi) is 25.7. The normalized spacial score (nSPS) is 21.8. The molecular formula is C41H72FNO8. The Morgan fingerprint density at radius 2 is 1.25 bits per heavy atom. The van der Waals surface area contributed by atoms with Gasteiger partial charge in [0, 0.05) is 6.42 Å². The van der Waals surface area contributed by atoms with Crippen LogP contribution in [0.5, 0.6) is 0 Å². The lowest BCUT2D eigenvalue weighted by Crippen LogP contribution is -2.60. The molecule has 9 nitrogen and oxygen atoms in total. The van der Waals surface area contributed by atoms with Crippen LogP contribution in [-0.2, 0) is 20.7 Å². The third-order valence-corrected chi connectivity index (χ3v) is 10.2. The van der Waals surface area contributed by atoms with Gasteiger partial charge in [-0.2, -0.15) is 0 Å². The first-order valence-electron chi connectivity index (χ1n) is 20.4. The second-order valence-corrected chi connectivity index (χ2v) is 14.8. The molecule has 0 bridgehead atoms. The van der Waals surface area contributed by atoms with Gasteiger partial charge in [-0.1, -0.05) is 141 Å². The zero-order valence-electron chi connectivity index (χ0n) is 31.6.